The third-order valence-corrected chi connectivity index (χ3v) is 1.81. The Morgan fingerprint density at radius 1 is 1.29 bits per heavy atom. The van der Waals surface area contributed by atoms with E-state index in [1.54, 1.807) is 12.1 Å². The number of aromatic carboxylic acids is 1. The molecule has 2 rings (SSSR count). The lowest BCUT2D eigenvalue weighted by Crippen LogP contribution is -1.95. The van der Waals surface area contributed by atoms with Crippen LogP contribution in [0.2, 0.25) is 0 Å². The fourth-order valence-corrected chi connectivity index (χ4v) is 1.11. The Morgan fingerprint density at radius 3 is 2.50 bits per heavy atom. The van der Waals surface area contributed by atoms with Crippen molar-refractivity contribution < 1.29 is 9.90 Å². The van der Waals surface area contributed by atoms with E-state index in [0.717, 1.165) is 5.56 Å². The van der Waals surface area contributed by atoms with Crippen LogP contribution in [0.3, 0.4) is 0 Å². The average Bonchev–Trinajstić information content (AvgIpc) is 2.71. The number of H-pyrrole nitrogens is 1. The molecule has 2 aromatic rings. The summed E-state index contributed by atoms with van der Waals surface area (Å²) < 4.78 is 0. The number of hydrogen-bond donors (Lipinski definition) is 2. The summed E-state index contributed by atoms with van der Waals surface area (Å²) in [5.41, 5.74) is 1.04. The largest absolute Gasteiger partial charge is 0.478 e. The number of aromatic nitrogens is 3. The van der Waals surface area contributed by atoms with Crippen molar-refractivity contribution >= 4 is 5.97 Å². The number of carbonyl (C=O) groups is 1. The first-order valence-corrected chi connectivity index (χ1v) is 3.97. The molecule has 0 radical (unpaired) electrons. The zero-order valence-electron chi connectivity index (χ0n) is 7.14. The van der Waals surface area contributed by atoms with Crippen LogP contribution >= 0.6 is 0 Å². The van der Waals surface area contributed by atoms with Crippen molar-refractivity contribution in [2.75, 3.05) is 0 Å². The van der Waals surface area contributed by atoms with Gasteiger partial charge in [0, 0.05) is 5.56 Å². The minimum atomic E-state index is -0.938. The maximum Gasteiger partial charge on any atom is 0.335 e. The van der Waals surface area contributed by atoms with Gasteiger partial charge < -0.3 is 5.11 Å². The van der Waals surface area contributed by atoms with Gasteiger partial charge in [-0.05, 0) is 12.1 Å². The number of nitrogens with zero attached hydrogens (tertiary/aromatic N) is 2. The standard InChI is InChI=1S/C9H7N3O2/c13-9(14)7-3-1-6(2-4-7)8-10-5-11-12-8/h1-5H,(H,13,14)(H,10,11,12). The van der Waals surface area contributed by atoms with Gasteiger partial charge in [0.2, 0.25) is 0 Å². The summed E-state index contributed by atoms with van der Waals surface area (Å²) in [4.78, 5) is 14.5. The van der Waals surface area contributed by atoms with Crippen molar-refractivity contribution in [3.05, 3.63) is 36.2 Å². The topological polar surface area (TPSA) is 78.9 Å². The number of hydrogen-bond acceptors (Lipinski definition) is 3. The van der Waals surface area contributed by atoms with Gasteiger partial charge in [0.15, 0.2) is 5.82 Å². The highest BCUT2D eigenvalue weighted by molar-refractivity contribution is 5.88. The van der Waals surface area contributed by atoms with Crippen LogP contribution in [0.5, 0.6) is 0 Å². The van der Waals surface area contributed by atoms with Gasteiger partial charge in [-0.25, -0.2) is 9.78 Å². The predicted molar refractivity (Wildman–Crippen MR) is 48.8 cm³/mol. The summed E-state index contributed by atoms with van der Waals surface area (Å²) in [7, 11) is 0. The maximum atomic E-state index is 10.6. The summed E-state index contributed by atoms with van der Waals surface area (Å²) in [5, 5.41) is 15.1. The second kappa shape index (κ2) is 3.29. The Hall–Kier alpha value is -2.17. The molecule has 2 N–H and O–H groups in total. The zero-order valence-corrected chi connectivity index (χ0v) is 7.14. The Labute approximate surface area is 79.4 Å². The molecule has 0 spiro atoms. The van der Waals surface area contributed by atoms with Crippen molar-refractivity contribution in [2.45, 2.75) is 0 Å². The third-order valence-electron chi connectivity index (χ3n) is 1.81. The molecule has 5 nitrogen and oxygen atoms in total. The molecule has 0 fully saturated rings. The first-order valence-electron chi connectivity index (χ1n) is 3.97. The van der Waals surface area contributed by atoms with Crippen molar-refractivity contribution in [3.63, 3.8) is 0 Å². The molecule has 0 atom stereocenters. The van der Waals surface area contributed by atoms with Gasteiger partial charge in [0.1, 0.15) is 6.33 Å². The van der Waals surface area contributed by atoms with Crippen molar-refractivity contribution in [1.29, 1.82) is 0 Å². The highest BCUT2D eigenvalue weighted by Crippen LogP contribution is 2.14. The molecule has 0 bridgehead atoms. The van der Waals surface area contributed by atoms with Gasteiger partial charge in [-0.3, -0.25) is 5.10 Å². The van der Waals surface area contributed by atoms with Crippen LogP contribution in [0.1, 0.15) is 10.4 Å². The molecule has 0 saturated carbocycles. The Bertz CT molecular complexity index is 434. The molecular formula is C9H7N3O2. The number of carboxylic acid groups (broad SMARTS) is 1. The minimum absolute atomic E-state index is 0.254. The number of nitrogens with one attached hydrogen (secondary N) is 1. The van der Waals surface area contributed by atoms with Crippen LogP contribution in [-0.4, -0.2) is 26.3 Å². The fourth-order valence-electron chi connectivity index (χ4n) is 1.11. The number of carboxylic acids is 1. The Morgan fingerprint density at radius 2 is 2.00 bits per heavy atom. The van der Waals surface area contributed by atoms with E-state index in [1.165, 1.54) is 18.5 Å². The molecule has 1 aromatic heterocycles. The zero-order chi connectivity index (χ0) is 9.97. The van der Waals surface area contributed by atoms with Gasteiger partial charge in [-0.2, -0.15) is 5.10 Å². The first-order chi connectivity index (χ1) is 6.77. The maximum absolute atomic E-state index is 10.6. The molecule has 0 aliphatic carbocycles. The minimum Gasteiger partial charge on any atom is -0.478 e. The molecule has 0 amide bonds. The van der Waals surface area contributed by atoms with Gasteiger partial charge in [-0.15, -0.1) is 0 Å². The third kappa shape index (κ3) is 1.47. The molecule has 70 valence electrons. The van der Waals surface area contributed by atoms with E-state index in [4.69, 9.17) is 5.11 Å². The predicted octanol–water partition coefficient (Wildman–Crippen LogP) is 1.17. The summed E-state index contributed by atoms with van der Waals surface area (Å²) in [6, 6.07) is 6.39. The van der Waals surface area contributed by atoms with Crippen LogP contribution in [0.15, 0.2) is 30.6 Å². The van der Waals surface area contributed by atoms with E-state index in [2.05, 4.69) is 15.2 Å². The second-order valence-electron chi connectivity index (χ2n) is 2.71. The van der Waals surface area contributed by atoms with E-state index in [1.807, 2.05) is 0 Å². The molecule has 1 heterocycles. The average molecular weight is 189 g/mol. The molecule has 0 aliphatic heterocycles. The fraction of sp³-hybridized carbons (Fsp3) is 0. The monoisotopic (exact) mass is 189 g/mol. The van der Waals surface area contributed by atoms with E-state index < -0.39 is 5.97 Å². The van der Waals surface area contributed by atoms with E-state index in [9.17, 15) is 4.79 Å². The lowest BCUT2D eigenvalue weighted by atomic mass is 10.1. The smallest absolute Gasteiger partial charge is 0.335 e. The normalized spacial score (nSPS) is 10.0. The van der Waals surface area contributed by atoms with Crippen LogP contribution in [-0.2, 0) is 0 Å². The lowest BCUT2D eigenvalue weighted by molar-refractivity contribution is 0.0697. The number of benzene rings is 1. The summed E-state index contributed by atoms with van der Waals surface area (Å²) >= 11 is 0. The van der Waals surface area contributed by atoms with Gasteiger partial charge in [0.25, 0.3) is 0 Å². The summed E-state index contributed by atoms with van der Waals surface area (Å²) in [6.07, 6.45) is 1.47. The first kappa shape index (κ1) is 8.43. The second-order valence-corrected chi connectivity index (χ2v) is 2.71. The van der Waals surface area contributed by atoms with Crippen LogP contribution < -0.4 is 0 Å². The molecular weight excluding hydrogens is 182 g/mol. The molecule has 0 saturated heterocycles. The van der Waals surface area contributed by atoms with Crippen molar-refractivity contribution in [2.24, 2.45) is 0 Å². The van der Waals surface area contributed by atoms with E-state index in [-0.39, 0.29) is 5.56 Å². The number of rotatable bonds is 2. The molecule has 14 heavy (non-hydrogen) atoms. The van der Waals surface area contributed by atoms with Gasteiger partial charge >= 0.3 is 5.97 Å². The number of aromatic amines is 1. The highest BCUT2D eigenvalue weighted by atomic mass is 16.4. The molecule has 5 heteroatoms. The Balaban J connectivity index is 2.36. The highest BCUT2D eigenvalue weighted by Gasteiger charge is 2.04. The molecule has 0 aliphatic rings. The van der Waals surface area contributed by atoms with E-state index in [0.29, 0.717) is 5.82 Å². The SMILES string of the molecule is O=C(O)c1ccc(-c2nc[nH]n2)cc1. The quantitative estimate of drug-likeness (QED) is 0.743. The van der Waals surface area contributed by atoms with Crippen molar-refractivity contribution in [1.82, 2.24) is 15.2 Å². The molecule has 0 unspecified atom stereocenters. The van der Waals surface area contributed by atoms with Crippen LogP contribution in [0.25, 0.3) is 11.4 Å². The van der Waals surface area contributed by atoms with E-state index >= 15 is 0 Å². The van der Waals surface area contributed by atoms with Crippen LogP contribution in [0, 0.1) is 0 Å². The molecule has 1 aromatic carbocycles. The summed E-state index contributed by atoms with van der Waals surface area (Å²) in [6.45, 7) is 0. The van der Waals surface area contributed by atoms with Gasteiger partial charge in [0.05, 0.1) is 5.56 Å². The van der Waals surface area contributed by atoms with Crippen molar-refractivity contribution in [3.8, 4) is 11.4 Å². The van der Waals surface area contributed by atoms with Crippen LogP contribution in [0.4, 0.5) is 0 Å². The lowest BCUT2D eigenvalue weighted by Gasteiger charge is -1.96. The Kier molecular flexibility index (Phi) is 1.98. The summed E-state index contributed by atoms with van der Waals surface area (Å²) in [5.74, 6) is -0.381. The van der Waals surface area contributed by atoms with Gasteiger partial charge in [-0.1, -0.05) is 12.1 Å².